The fourth-order valence-corrected chi connectivity index (χ4v) is 1.78. The van der Waals surface area contributed by atoms with Gasteiger partial charge in [-0.2, -0.15) is 0 Å². The van der Waals surface area contributed by atoms with Gasteiger partial charge in [0.1, 0.15) is 0 Å². The molecule has 6 heteroatoms. The Labute approximate surface area is 110 Å². The molecule has 0 amide bonds. The van der Waals surface area contributed by atoms with Crippen molar-refractivity contribution < 1.29 is 0 Å². The van der Waals surface area contributed by atoms with Gasteiger partial charge in [0, 0.05) is 13.6 Å². The van der Waals surface area contributed by atoms with E-state index in [1.807, 2.05) is 25.4 Å². The highest BCUT2D eigenvalue weighted by Crippen LogP contribution is 2.22. The van der Waals surface area contributed by atoms with Gasteiger partial charge in [0.15, 0.2) is 5.82 Å². The number of benzene rings is 1. The maximum absolute atomic E-state index is 5.95. The van der Waals surface area contributed by atoms with Crippen molar-refractivity contribution in [2.75, 3.05) is 12.4 Å². The van der Waals surface area contributed by atoms with Crippen molar-refractivity contribution in [3.05, 3.63) is 40.0 Å². The average Bonchev–Trinajstić information content (AvgIpc) is 2.79. The Balaban J connectivity index is 1.99. The first-order chi connectivity index (χ1) is 8.19. The van der Waals surface area contributed by atoms with Gasteiger partial charge in [0.05, 0.1) is 16.2 Å². The van der Waals surface area contributed by atoms with Gasteiger partial charge in [-0.25, -0.2) is 0 Å². The van der Waals surface area contributed by atoms with Crippen LogP contribution in [0.1, 0.15) is 5.56 Å². The first-order valence-corrected chi connectivity index (χ1v) is 5.96. The lowest BCUT2D eigenvalue weighted by atomic mass is 10.1. The number of nitrogens with one attached hydrogen (secondary N) is 1. The number of hydrogen-bond donors (Lipinski definition) is 1. The Morgan fingerprint density at radius 3 is 2.76 bits per heavy atom. The molecule has 1 N–H and O–H groups in total. The molecule has 0 aliphatic carbocycles. The van der Waals surface area contributed by atoms with Crippen LogP contribution in [0.4, 0.5) is 5.82 Å². The summed E-state index contributed by atoms with van der Waals surface area (Å²) in [5.41, 5.74) is 1.13. The molecule has 90 valence electrons. The molecule has 0 unspecified atom stereocenters. The lowest BCUT2D eigenvalue weighted by Crippen LogP contribution is -2.02. The highest BCUT2D eigenvalue weighted by molar-refractivity contribution is 6.42. The van der Waals surface area contributed by atoms with Crippen molar-refractivity contribution in [3.63, 3.8) is 0 Å². The molecule has 0 saturated heterocycles. The van der Waals surface area contributed by atoms with Crippen LogP contribution < -0.4 is 5.32 Å². The van der Waals surface area contributed by atoms with Crippen LogP contribution in [0.3, 0.4) is 0 Å². The molecule has 0 bridgehead atoms. The first kappa shape index (κ1) is 12.2. The van der Waals surface area contributed by atoms with E-state index >= 15 is 0 Å². The molecule has 0 aliphatic heterocycles. The second-order valence-corrected chi connectivity index (χ2v) is 4.43. The molecule has 2 aromatic rings. The summed E-state index contributed by atoms with van der Waals surface area (Å²) in [6, 6.07) is 5.64. The Bertz CT molecular complexity index is 510. The molecule has 0 radical (unpaired) electrons. The van der Waals surface area contributed by atoms with E-state index < -0.39 is 0 Å². The maximum Gasteiger partial charge on any atom is 0.168 e. The lowest BCUT2D eigenvalue weighted by molar-refractivity contribution is 0.589. The maximum atomic E-state index is 5.95. The van der Waals surface area contributed by atoms with E-state index in [1.54, 1.807) is 10.7 Å². The van der Waals surface area contributed by atoms with E-state index in [9.17, 15) is 0 Å². The molecule has 1 aromatic heterocycles. The molecular formula is C11H12Cl2N4. The van der Waals surface area contributed by atoms with Crippen molar-refractivity contribution in [1.29, 1.82) is 0 Å². The zero-order valence-electron chi connectivity index (χ0n) is 9.32. The normalized spacial score (nSPS) is 10.5. The molecule has 17 heavy (non-hydrogen) atoms. The Hall–Kier alpha value is -1.26. The summed E-state index contributed by atoms with van der Waals surface area (Å²) in [5, 5.41) is 12.0. The van der Waals surface area contributed by atoms with E-state index in [1.165, 1.54) is 0 Å². The quantitative estimate of drug-likeness (QED) is 0.929. The fraction of sp³-hybridized carbons (Fsp3) is 0.273. The zero-order chi connectivity index (χ0) is 12.3. The second kappa shape index (κ2) is 5.38. The largest absolute Gasteiger partial charge is 0.370 e. The van der Waals surface area contributed by atoms with Crippen LogP contribution in [0, 0.1) is 0 Å². The summed E-state index contributed by atoms with van der Waals surface area (Å²) in [6.45, 7) is 0.757. The van der Waals surface area contributed by atoms with Gasteiger partial charge in [-0.1, -0.05) is 34.5 Å². The van der Waals surface area contributed by atoms with E-state index in [0.717, 1.165) is 24.3 Å². The third-order valence-electron chi connectivity index (χ3n) is 2.41. The number of anilines is 1. The van der Waals surface area contributed by atoms with Gasteiger partial charge in [-0.3, -0.25) is 4.68 Å². The summed E-state index contributed by atoms with van der Waals surface area (Å²) in [6.07, 6.45) is 2.70. The van der Waals surface area contributed by atoms with Crippen molar-refractivity contribution in [1.82, 2.24) is 15.0 Å². The first-order valence-electron chi connectivity index (χ1n) is 5.21. The van der Waals surface area contributed by atoms with Crippen LogP contribution in [0.5, 0.6) is 0 Å². The number of aromatic nitrogens is 3. The summed E-state index contributed by atoms with van der Waals surface area (Å²) in [7, 11) is 1.81. The zero-order valence-corrected chi connectivity index (χ0v) is 10.8. The highest BCUT2D eigenvalue weighted by atomic mass is 35.5. The van der Waals surface area contributed by atoms with E-state index in [-0.39, 0.29) is 0 Å². The summed E-state index contributed by atoms with van der Waals surface area (Å²) >= 11 is 11.8. The van der Waals surface area contributed by atoms with Crippen LogP contribution in [0.25, 0.3) is 0 Å². The smallest absolute Gasteiger partial charge is 0.168 e. The SMILES string of the molecule is CNc1cn(CCc2ccc(Cl)c(Cl)c2)nn1. The summed E-state index contributed by atoms with van der Waals surface area (Å²) < 4.78 is 1.79. The minimum Gasteiger partial charge on any atom is -0.370 e. The molecule has 1 aromatic carbocycles. The number of rotatable bonds is 4. The fourth-order valence-electron chi connectivity index (χ4n) is 1.46. The Morgan fingerprint density at radius 1 is 1.29 bits per heavy atom. The van der Waals surface area contributed by atoms with Gasteiger partial charge in [-0.15, -0.1) is 5.10 Å². The minimum atomic E-state index is 0.577. The van der Waals surface area contributed by atoms with Gasteiger partial charge < -0.3 is 5.32 Å². The van der Waals surface area contributed by atoms with Crippen molar-refractivity contribution >= 4 is 29.0 Å². The number of aryl methyl sites for hydroxylation is 2. The second-order valence-electron chi connectivity index (χ2n) is 3.62. The lowest BCUT2D eigenvalue weighted by Gasteiger charge is -2.03. The summed E-state index contributed by atoms with van der Waals surface area (Å²) in [5.74, 6) is 0.763. The van der Waals surface area contributed by atoms with Gasteiger partial charge >= 0.3 is 0 Å². The predicted molar refractivity (Wildman–Crippen MR) is 69.7 cm³/mol. The Morgan fingerprint density at radius 2 is 2.12 bits per heavy atom. The van der Waals surface area contributed by atoms with Gasteiger partial charge in [0.25, 0.3) is 0 Å². The van der Waals surface area contributed by atoms with Gasteiger partial charge in [0.2, 0.25) is 0 Å². The van der Waals surface area contributed by atoms with Crippen LogP contribution >= 0.6 is 23.2 Å². The number of nitrogens with zero attached hydrogens (tertiary/aromatic N) is 3. The van der Waals surface area contributed by atoms with Crippen LogP contribution in [0.15, 0.2) is 24.4 Å². The molecule has 0 aliphatic rings. The molecule has 0 fully saturated rings. The number of hydrogen-bond acceptors (Lipinski definition) is 3. The molecule has 4 nitrogen and oxygen atoms in total. The van der Waals surface area contributed by atoms with Gasteiger partial charge in [-0.05, 0) is 24.1 Å². The standard InChI is InChI=1S/C11H12Cl2N4/c1-14-11-7-17(16-15-11)5-4-8-2-3-9(12)10(13)6-8/h2-3,6-7,14H,4-5H2,1H3. The monoisotopic (exact) mass is 270 g/mol. The van der Waals surface area contributed by atoms with Crippen LogP contribution in [-0.4, -0.2) is 22.0 Å². The third kappa shape index (κ3) is 3.11. The van der Waals surface area contributed by atoms with E-state index in [0.29, 0.717) is 10.0 Å². The minimum absolute atomic E-state index is 0.577. The van der Waals surface area contributed by atoms with E-state index in [4.69, 9.17) is 23.2 Å². The molecule has 0 atom stereocenters. The van der Waals surface area contributed by atoms with Crippen molar-refractivity contribution in [3.8, 4) is 0 Å². The number of halogens is 2. The molecule has 1 heterocycles. The van der Waals surface area contributed by atoms with E-state index in [2.05, 4.69) is 15.6 Å². The third-order valence-corrected chi connectivity index (χ3v) is 3.15. The molecule has 2 rings (SSSR count). The molecule has 0 spiro atoms. The average molecular weight is 271 g/mol. The summed E-state index contributed by atoms with van der Waals surface area (Å²) in [4.78, 5) is 0. The predicted octanol–water partition coefficient (Wildman–Crippen LogP) is 2.87. The Kier molecular flexibility index (Phi) is 3.86. The molecular weight excluding hydrogens is 259 g/mol. The molecule has 0 saturated carbocycles. The highest BCUT2D eigenvalue weighted by Gasteiger charge is 2.01. The van der Waals surface area contributed by atoms with Crippen molar-refractivity contribution in [2.24, 2.45) is 0 Å². The van der Waals surface area contributed by atoms with Crippen LogP contribution in [-0.2, 0) is 13.0 Å². The topological polar surface area (TPSA) is 42.7 Å². The van der Waals surface area contributed by atoms with Crippen molar-refractivity contribution in [2.45, 2.75) is 13.0 Å². The van der Waals surface area contributed by atoms with Crippen LogP contribution in [0.2, 0.25) is 10.0 Å².